The normalized spacial score (nSPS) is 23.5. The number of nitrogens with zero attached hydrogens (tertiary/aromatic N) is 1. The van der Waals surface area contributed by atoms with Crippen LogP contribution in [0.25, 0.3) is 0 Å². The topological polar surface area (TPSA) is 15.3 Å². The summed E-state index contributed by atoms with van der Waals surface area (Å²) in [5.41, 5.74) is 4.19. The van der Waals surface area contributed by atoms with Crippen LogP contribution in [0.3, 0.4) is 0 Å². The molecule has 22 heavy (non-hydrogen) atoms. The Morgan fingerprint density at radius 3 is 2.14 bits per heavy atom. The summed E-state index contributed by atoms with van der Waals surface area (Å²) in [5, 5.41) is 3.82. The maximum atomic E-state index is 3.82. The molecule has 2 nitrogen and oxygen atoms in total. The number of hydrogen-bond donors (Lipinski definition) is 1. The minimum Gasteiger partial charge on any atom is -0.378 e. The van der Waals surface area contributed by atoms with Crippen molar-refractivity contribution in [3.8, 4) is 0 Å². The van der Waals surface area contributed by atoms with Crippen LogP contribution in [0.1, 0.15) is 43.4 Å². The van der Waals surface area contributed by atoms with Gasteiger partial charge < -0.3 is 10.2 Å². The van der Waals surface area contributed by atoms with E-state index in [1.807, 2.05) is 0 Å². The molecule has 3 rings (SSSR count). The molecule has 0 unspecified atom stereocenters. The van der Waals surface area contributed by atoms with Gasteiger partial charge in [-0.05, 0) is 43.5 Å². The third kappa shape index (κ3) is 2.89. The molecule has 0 radical (unpaired) electrons. The number of benzene rings is 2. The molecule has 0 spiro atoms. The summed E-state index contributed by atoms with van der Waals surface area (Å²) >= 11 is 0. The Balaban J connectivity index is 1.84. The largest absolute Gasteiger partial charge is 0.378 e. The summed E-state index contributed by atoms with van der Waals surface area (Å²) in [7, 11) is 4.17. The van der Waals surface area contributed by atoms with Gasteiger partial charge in [0.05, 0.1) is 0 Å². The second kappa shape index (κ2) is 5.77. The van der Waals surface area contributed by atoms with Gasteiger partial charge in [-0.2, -0.15) is 0 Å². The van der Waals surface area contributed by atoms with E-state index in [0.717, 1.165) is 6.42 Å². The van der Waals surface area contributed by atoms with Crippen molar-refractivity contribution in [1.29, 1.82) is 0 Å². The Hall–Kier alpha value is -1.80. The molecule has 0 amide bonds. The first-order valence-corrected chi connectivity index (χ1v) is 8.07. The van der Waals surface area contributed by atoms with Crippen LogP contribution in [0.4, 0.5) is 5.69 Å². The summed E-state index contributed by atoms with van der Waals surface area (Å²) in [6, 6.07) is 20.3. The zero-order valence-corrected chi connectivity index (χ0v) is 14.0. The van der Waals surface area contributed by atoms with Gasteiger partial charge in [0, 0.05) is 37.3 Å². The second-order valence-electron chi connectivity index (χ2n) is 7.10. The lowest BCUT2D eigenvalue weighted by Crippen LogP contribution is -2.37. The molecule has 1 heterocycles. The van der Waals surface area contributed by atoms with E-state index in [0.29, 0.717) is 12.0 Å². The summed E-state index contributed by atoms with van der Waals surface area (Å²) in [4.78, 5) is 2.15. The van der Waals surface area contributed by atoms with Crippen molar-refractivity contribution in [2.75, 3.05) is 19.0 Å². The first-order valence-electron chi connectivity index (χ1n) is 8.07. The molecular weight excluding hydrogens is 268 g/mol. The van der Waals surface area contributed by atoms with Gasteiger partial charge in [-0.15, -0.1) is 0 Å². The Morgan fingerprint density at radius 1 is 0.909 bits per heavy atom. The first kappa shape index (κ1) is 15.1. The van der Waals surface area contributed by atoms with Crippen molar-refractivity contribution < 1.29 is 0 Å². The zero-order valence-electron chi connectivity index (χ0n) is 14.0. The molecule has 1 N–H and O–H groups in total. The van der Waals surface area contributed by atoms with Gasteiger partial charge in [-0.25, -0.2) is 0 Å². The Morgan fingerprint density at radius 2 is 1.55 bits per heavy atom. The van der Waals surface area contributed by atoms with Gasteiger partial charge in [-0.3, -0.25) is 0 Å². The van der Waals surface area contributed by atoms with Crippen LogP contribution in [0.2, 0.25) is 0 Å². The number of anilines is 1. The van der Waals surface area contributed by atoms with E-state index in [2.05, 4.69) is 92.8 Å². The molecule has 1 fully saturated rings. The Labute approximate surface area is 134 Å². The van der Waals surface area contributed by atoms with Gasteiger partial charge in [0.2, 0.25) is 0 Å². The van der Waals surface area contributed by atoms with E-state index in [9.17, 15) is 0 Å². The molecule has 2 aromatic rings. The zero-order chi connectivity index (χ0) is 15.7. The van der Waals surface area contributed by atoms with Crippen molar-refractivity contribution in [3.05, 3.63) is 65.7 Å². The average molecular weight is 294 g/mol. The number of hydrogen-bond acceptors (Lipinski definition) is 2. The maximum Gasteiger partial charge on any atom is 0.0361 e. The second-order valence-corrected chi connectivity index (χ2v) is 7.10. The molecule has 2 atom stereocenters. The van der Waals surface area contributed by atoms with Crippen LogP contribution in [-0.2, 0) is 0 Å². The first-order chi connectivity index (χ1) is 10.5. The van der Waals surface area contributed by atoms with Gasteiger partial charge in [0.1, 0.15) is 0 Å². The van der Waals surface area contributed by atoms with Crippen LogP contribution < -0.4 is 10.2 Å². The molecule has 0 aromatic heterocycles. The van der Waals surface area contributed by atoms with Gasteiger partial charge in [0.15, 0.2) is 0 Å². The predicted molar refractivity (Wildman–Crippen MR) is 94.5 cm³/mol. The van der Waals surface area contributed by atoms with Crippen LogP contribution in [-0.4, -0.2) is 19.6 Å². The molecule has 0 bridgehead atoms. The highest BCUT2D eigenvalue weighted by Crippen LogP contribution is 2.43. The van der Waals surface area contributed by atoms with E-state index in [1.54, 1.807) is 0 Å². The Bertz CT molecular complexity index is 614. The van der Waals surface area contributed by atoms with Crippen molar-refractivity contribution in [3.63, 3.8) is 0 Å². The third-order valence-corrected chi connectivity index (χ3v) is 4.90. The molecule has 1 aliphatic rings. The van der Waals surface area contributed by atoms with E-state index in [1.165, 1.54) is 16.8 Å². The predicted octanol–water partition coefficient (Wildman–Crippen LogP) is 4.35. The molecule has 0 saturated carbocycles. The average Bonchev–Trinajstić information content (AvgIpc) is 2.84. The molecule has 1 aliphatic heterocycles. The summed E-state index contributed by atoms with van der Waals surface area (Å²) in [5.74, 6) is 0.536. The van der Waals surface area contributed by atoms with Crippen LogP contribution >= 0.6 is 0 Å². The fourth-order valence-corrected chi connectivity index (χ4v) is 3.60. The van der Waals surface area contributed by atoms with Gasteiger partial charge in [-0.1, -0.05) is 42.5 Å². The standard InChI is InChI=1S/C20H26N2/c1-20(2)18(15-10-12-17(13-11-15)22(3)4)14-19(21-20)16-8-6-5-7-9-16/h5-13,18-19,21H,14H2,1-4H3/t18-,19-/m1/s1. The molecule has 1 saturated heterocycles. The lowest BCUT2D eigenvalue weighted by atomic mass is 9.82. The Kier molecular flexibility index (Phi) is 3.96. The molecule has 116 valence electrons. The molecule has 2 aromatic carbocycles. The number of nitrogens with one attached hydrogen (secondary N) is 1. The van der Waals surface area contributed by atoms with Crippen molar-refractivity contribution in [2.45, 2.75) is 37.8 Å². The molecular formula is C20H26N2. The number of rotatable bonds is 3. The van der Waals surface area contributed by atoms with Crippen LogP contribution in [0, 0.1) is 0 Å². The smallest absolute Gasteiger partial charge is 0.0361 e. The van der Waals surface area contributed by atoms with Gasteiger partial charge >= 0.3 is 0 Å². The molecule has 2 heteroatoms. The lowest BCUT2D eigenvalue weighted by molar-refractivity contribution is 0.397. The lowest BCUT2D eigenvalue weighted by Gasteiger charge is -2.28. The highest BCUT2D eigenvalue weighted by atomic mass is 15.1. The maximum absolute atomic E-state index is 3.82. The summed E-state index contributed by atoms with van der Waals surface area (Å²) in [6.45, 7) is 4.64. The third-order valence-electron chi connectivity index (χ3n) is 4.90. The monoisotopic (exact) mass is 294 g/mol. The van der Waals surface area contributed by atoms with E-state index in [4.69, 9.17) is 0 Å². The fraction of sp³-hybridized carbons (Fsp3) is 0.400. The summed E-state index contributed by atoms with van der Waals surface area (Å²) in [6.07, 6.45) is 1.15. The van der Waals surface area contributed by atoms with Gasteiger partial charge in [0.25, 0.3) is 0 Å². The van der Waals surface area contributed by atoms with E-state index in [-0.39, 0.29) is 5.54 Å². The van der Waals surface area contributed by atoms with E-state index >= 15 is 0 Å². The van der Waals surface area contributed by atoms with Crippen molar-refractivity contribution in [1.82, 2.24) is 5.32 Å². The van der Waals surface area contributed by atoms with Crippen molar-refractivity contribution >= 4 is 5.69 Å². The summed E-state index contributed by atoms with van der Waals surface area (Å²) < 4.78 is 0. The fourth-order valence-electron chi connectivity index (χ4n) is 3.60. The van der Waals surface area contributed by atoms with Crippen molar-refractivity contribution in [2.24, 2.45) is 0 Å². The highest BCUT2D eigenvalue weighted by Gasteiger charge is 2.40. The molecule has 0 aliphatic carbocycles. The van der Waals surface area contributed by atoms with Crippen LogP contribution in [0.15, 0.2) is 54.6 Å². The van der Waals surface area contributed by atoms with E-state index < -0.39 is 0 Å². The quantitative estimate of drug-likeness (QED) is 0.905. The minimum atomic E-state index is 0.111. The highest BCUT2D eigenvalue weighted by molar-refractivity contribution is 5.47. The van der Waals surface area contributed by atoms with Crippen LogP contribution in [0.5, 0.6) is 0 Å². The SMILES string of the molecule is CN(C)c1ccc([C@H]2C[C@H](c3ccccc3)NC2(C)C)cc1. The minimum absolute atomic E-state index is 0.111.